The monoisotopic (exact) mass is 314 g/mol. The molecule has 2 nitrogen and oxygen atoms in total. The van der Waals surface area contributed by atoms with Crippen LogP contribution in [0.4, 0.5) is 0 Å². The van der Waals surface area contributed by atoms with Gasteiger partial charge in [0.2, 0.25) is 0 Å². The third kappa shape index (κ3) is 19.9. The van der Waals surface area contributed by atoms with Crippen molar-refractivity contribution in [2.24, 2.45) is 0 Å². The molecule has 0 saturated heterocycles. The van der Waals surface area contributed by atoms with Gasteiger partial charge in [-0.1, -0.05) is 96.8 Å². The smallest absolute Gasteiger partial charge is 0.0700 e. The Balaban J connectivity index is 2.91. The van der Waals surface area contributed by atoms with Gasteiger partial charge in [0.1, 0.15) is 0 Å². The highest BCUT2D eigenvalue weighted by Crippen LogP contribution is 2.13. The zero-order valence-corrected chi connectivity index (χ0v) is 15.5. The van der Waals surface area contributed by atoms with Gasteiger partial charge < -0.3 is 9.47 Å². The minimum atomic E-state index is 0.721. The molecule has 0 aromatic heterocycles. The lowest BCUT2D eigenvalue weighted by Gasteiger charge is -2.04. The summed E-state index contributed by atoms with van der Waals surface area (Å²) in [6, 6.07) is 0. The summed E-state index contributed by atoms with van der Waals surface area (Å²) in [4.78, 5) is 0. The van der Waals surface area contributed by atoms with Crippen LogP contribution < -0.4 is 0 Å². The molecular formula is C20H42O2. The predicted octanol–water partition coefficient (Wildman–Crippen LogP) is 6.52. The molecule has 0 rings (SSSR count). The van der Waals surface area contributed by atoms with Crippen LogP contribution in [-0.2, 0) is 9.47 Å². The molecule has 134 valence electrons. The van der Waals surface area contributed by atoms with Crippen LogP contribution in [0.5, 0.6) is 0 Å². The molecule has 0 amide bonds. The summed E-state index contributed by atoms with van der Waals surface area (Å²) in [5.74, 6) is 0. The lowest BCUT2D eigenvalue weighted by atomic mass is 10.0. The first-order chi connectivity index (χ1) is 10.9. The van der Waals surface area contributed by atoms with E-state index in [1.165, 1.54) is 96.3 Å². The number of hydrogen-bond acceptors (Lipinski definition) is 2. The first-order valence-corrected chi connectivity index (χ1v) is 9.98. The second-order valence-corrected chi connectivity index (χ2v) is 6.55. The molecule has 0 fully saturated rings. The van der Waals surface area contributed by atoms with Crippen molar-refractivity contribution >= 4 is 0 Å². The van der Waals surface area contributed by atoms with E-state index in [2.05, 4.69) is 6.92 Å². The van der Waals surface area contributed by atoms with Gasteiger partial charge in [0.15, 0.2) is 0 Å². The predicted molar refractivity (Wildman–Crippen MR) is 97.6 cm³/mol. The highest BCUT2D eigenvalue weighted by Gasteiger charge is 1.94. The zero-order valence-electron chi connectivity index (χ0n) is 15.5. The van der Waals surface area contributed by atoms with Crippen molar-refractivity contribution in [3.05, 3.63) is 0 Å². The summed E-state index contributed by atoms with van der Waals surface area (Å²) in [6.45, 7) is 4.66. The van der Waals surface area contributed by atoms with Crippen LogP contribution >= 0.6 is 0 Å². The molecule has 0 aromatic carbocycles. The Morgan fingerprint density at radius 2 is 0.864 bits per heavy atom. The summed E-state index contributed by atoms with van der Waals surface area (Å²) in [7, 11) is 1.72. The van der Waals surface area contributed by atoms with E-state index in [4.69, 9.17) is 9.47 Å². The Morgan fingerprint density at radius 3 is 1.27 bits per heavy atom. The topological polar surface area (TPSA) is 18.5 Å². The number of rotatable bonds is 19. The first kappa shape index (κ1) is 21.9. The van der Waals surface area contributed by atoms with Gasteiger partial charge in [-0.05, 0) is 6.42 Å². The fourth-order valence-corrected chi connectivity index (χ4v) is 2.82. The van der Waals surface area contributed by atoms with Gasteiger partial charge in [0.25, 0.3) is 0 Å². The fourth-order valence-electron chi connectivity index (χ4n) is 2.82. The minimum absolute atomic E-state index is 0.721. The molecule has 0 aliphatic heterocycles. The van der Waals surface area contributed by atoms with Gasteiger partial charge in [-0.25, -0.2) is 0 Å². The Labute approximate surface area is 140 Å². The maximum absolute atomic E-state index is 5.46. The van der Waals surface area contributed by atoms with Gasteiger partial charge in [0, 0.05) is 13.7 Å². The van der Waals surface area contributed by atoms with E-state index >= 15 is 0 Å². The molecule has 2 heteroatoms. The van der Waals surface area contributed by atoms with E-state index in [1.54, 1.807) is 7.11 Å². The fraction of sp³-hybridized carbons (Fsp3) is 1.00. The number of unbranched alkanes of at least 4 members (excludes halogenated alkanes) is 14. The molecule has 0 unspecified atom stereocenters. The summed E-state index contributed by atoms with van der Waals surface area (Å²) in [5, 5.41) is 0. The highest BCUT2D eigenvalue weighted by atomic mass is 16.5. The van der Waals surface area contributed by atoms with Crippen molar-refractivity contribution < 1.29 is 9.47 Å². The Kier molecular flexibility index (Phi) is 20.8. The Morgan fingerprint density at radius 1 is 0.455 bits per heavy atom. The third-order valence-electron chi connectivity index (χ3n) is 4.32. The van der Waals surface area contributed by atoms with E-state index < -0.39 is 0 Å². The second-order valence-electron chi connectivity index (χ2n) is 6.55. The molecule has 0 N–H and O–H groups in total. The molecule has 0 aromatic rings. The van der Waals surface area contributed by atoms with Gasteiger partial charge in [0.05, 0.1) is 13.2 Å². The molecular weight excluding hydrogens is 272 g/mol. The van der Waals surface area contributed by atoms with Crippen molar-refractivity contribution in [1.29, 1.82) is 0 Å². The molecule has 0 aliphatic rings. The number of hydrogen-bond donors (Lipinski definition) is 0. The quantitative estimate of drug-likeness (QED) is 0.253. The lowest BCUT2D eigenvalue weighted by molar-refractivity contribution is 0.0685. The van der Waals surface area contributed by atoms with Crippen LogP contribution in [0.25, 0.3) is 0 Å². The summed E-state index contributed by atoms with van der Waals surface area (Å²) < 4.78 is 10.4. The van der Waals surface area contributed by atoms with Crippen LogP contribution in [-0.4, -0.2) is 26.9 Å². The number of ether oxygens (including phenoxy) is 2. The van der Waals surface area contributed by atoms with Crippen molar-refractivity contribution in [2.75, 3.05) is 26.9 Å². The van der Waals surface area contributed by atoms with E-state index in [0.29, 0.717) is 0 Å². The second kappa shape index (κ2) is 20.9. The van der Waals surface area contributed by atoms with Crippen LogP contribution in [0.3, 0.4) is 0 Å². The van der Waals surface area contributed by atoms with E-state index in [1.807, 2.05) is 0 Å². The maximum Gasteiger partial charge on any atom is 0.0700 e. The standard InChI is InChI=1S/C20H42O2/c1-3-4-5-6-7-8-9-10-11-12-13-14-15-16-17-18-22-20-19-21-2/h3-20H2,1-2H3. The minimum Gasteiger partial charge on any atom is -0.382 e. The molecule has 0 bridgehead atoms. The Bertz CT molecular complexity index is 163. The molecule has 22 heavy (non-hydrogen) atoms. The van der Waals surface area contributed by atoms with Crippen LogP contribution in [0.1, 0.15) is 103 Å². The van der Waals surface area contributed by atoms with Gasteiger partial charge in [-0.15, -0.1) is 0 Å². The van der Waals surface area contributed by atoms with E-state index in [0.717, 1.165) is 19.8 Å². The molecule has 0 aliphatic carbocycles. The molecule has 0 radical (unpaired) electrons. The molecule has 0 heterocycles. The summed E-state index contributed by atoms with van der Waals surface area (Å²) >= 11 is 0. The average Bonchev–Trinajstić information content (AvgIpc) is 2.54. The van der Waals surface area contributed by atoms with Gasteiger partial charge >= 0.3 is 0 Å². The van der Waals surface area contributed by atoms with Gasteiger partial charge in [-0.2, -0.15) is 0 Å². The summed E-state index contributed by atoms with van der Waals surface area (Å²) in [6.07, 6.45) is 21.2. The van der Waals surface area contributed by atoms with E-state index in [9.17, 15) is 0 Å². The van der Waals surface area contributed by atoms with Crippen molar-refractivity contribution in [2.45, 2.75) is 103 Å². The van der Waals surface area contributed by atoms with Crippen molar-refractivity contribution in [3.8, 4) is 0 Å². The van der Waals surface area contributed by atoms with Crippen molar-refractivity contribution in [1.82, 2.24) is 0 Å². The zero-order chi connectivity index (χ0) is 16.1. The van der Waals surface area contributed by atoms with E-state index in [-0.39, 0.29) is 0 Å². The van der Waals surface area contributed by atoms with Gasteiger partial charge in [-0.3, -0.25) is 0 Å². The highest BCUT2D eigenvalue weighted by molar-refractivity contribution is 4.49. The van der Waals surface area contributed by atoms with Crippen LogP contribution in [0.2, 0.25) is 0 Å². The maximum atomic E-state index is 5.46. The SMILES string of the molecule is CCCCCCCCCCCCCCCCCOCCOC. The Hall–Kier alpha value is -0.0800. The molecule has 0 saturated carbocycles. The average molecular weight is 315 g/mol. The third-order valence-corrected chi connectivity index (χ3v) is 4.32. The number of methoxy groups -OCH3 is 1. The lowest BCUT2D eigenvalue weighted by Crippen LogP contribution is -2.02. The van der Waals surface area contributed by atoms with Crippen molar-refractivity contribution in [3.63, 3.8) is 0 Å². The summed E-state index contributed by atoms with van der Waals surface area (Å²) in [5.41, 5.74) is 0. The largest absolute Gasteiger partial charge is 0.382 e. The van der Waals surface area contributed by atoms with Crippen LogP contribution in [0.15, 0.2) is 0 Å². The van der Waals surface area contributed by atoms with Crippen LogP contribution in [0, 0.1) is 0 Å². The molecule has 0 spiro atoms. The normalized spacial score (nSPS) is 11.2. The molecule has 0 atom stereocenters. The first-order valence-electron chi connectivity index (χ1n) is 9.98.